The van der Waals surface area contributed by atoms with Gasteiger partial charge >= 0.3 is 12.1 Å². The predicted molar refractivity (Wildman–Crippen MR) is 47.3 cm³/mol. The molecule has 0 aromatic rings. The van der Waals surface area contributed by atoms with Crippen molar-refractivity contribution in [1.29, 1.82) is 0 Å². The van der Waals surface area contributed by atoms with E-state index in [0.717, 1.165) is 4.90 Å². The zero-order valence-electron chi connectivity index (χ0n) is 8.02. The van der Waals surface area contributed by atoms with Crippen LogP contribution in [0.2, 0.25) is 0 Å². The van der Waals surface area contributed by atoms with E-state index in [1.807, 2.05) is 0 Å². The van der Waals surface area contributed by atoms with Gasteiger partial charge in [-0.05, 0) is 12.8 Å². The smallest absolute Gasteiger partial charge is 0.407 e. The fraction of sp³-hybridized carbons (Fsp3) is 0.778. The van der Waals surface area contributed by atoms with Crippen LogP contribution in [0, 0.1) is 11.3 Å². The Hall–Kier alpha value is -1.33. The van der Waals surface area contributed by atoms with Crippen molar-refractivity contribution in [3.05, 3.63) is 0 Å². The molecule has 1 aliphatic carbocycles. The molecule has 0 aromatic carbocycles. The van der Waals surface area contributed by atoms with Crippen molar-refractivity contribution in [2.75, 3.05) is 13.1 Å². The van der Waals surface area contributed by atoms with Crippen molar-refractivity contribution >= 4 is 12.1 Å². The van der Waals surface area contributed by atoms with Gasteiger partial charge in [0.25, 0.3) is 0 Å². The van der Waals surface area contributed by atoms with Gasteiger partial charge in [0.05, 0.1) is 12.5 Å². The summed E-state index contributed by atoms with van der Waals surface area (Å²) < 4.78 is 13.7. The highest BCUT2D eigenvalue weighted by Crippen LogP contribution is 2.60. The maximum Gasteiger partial charge on any atom is 0.407 e. The Balaban J connectivity index is 2.03. The minimum absolute atomic E-state index is 0.195. The van der Waals surface area contributed by atoms with E-state index in [0.29, 0.717) is 12.8 Å². The molecule has 2 aliphatic rings. The normalized spacial score (nSPS) is 39.1. The van der Waals surface area contributed by atoms with Gasteiger partial charge in [-0.25, -0.2) is 9.18 Å². The standard InChI is InChI=1S/C9H12FNO4/c10-6-4-11(8(14)15)2-1-9(6)3-5(9)7(12)13/h5-6H,1-4H2,(H,12,13)(H,14,15). The molecule has 1 saturated carbocycles. The number of hydrogen-bond acceptors (Lipinski definition) is 2. The molecule has 2 N–H and O–H groups in total. The maximum absolute atomic E-state index is 13.7. The van der Waals surface area contributed by atoms with Gasteiger partial charge in [0.1, 0.15) is 6.17 Å². The molecule has 2 fully saturated rings. The largest absolute Gasteiger partial charge is 0.481 e. The molecule has 0 radical (unpaired) electrons. The lowest BCUT2D eigenvalue weighted by molar-refractivity contribution is -0.140. The number of piperidine rings is 1. The summed E-state index contributed by atoms with van der Waals surface area (Å²) in [6.07, 6.45) is -1.82. The molecule has 5 nitrogen and oxygen atoms in total. The number of alkyl halides is 1. The Bertz CT molecular complexity index is 321. The molecule has 1 saturated heterocycles. The molecule has 1 spiro atoms. The van der Waals surface area contributed by atoms with Gasteiger partial charge in [0, 0.05) is 12.0 Å². The predicted octanol–water partition coefficient (Wildman–Crippen LogP) is 0.799. The summed E-state index contributed by atoms with van der Waals surface area (Å²) in [6.45, 7) is 0.0403. The van der Waals surface area contributed by atoms with Crippen molar-refractivity contribution in [2.24, 2.45) is 11.3 Å². The number of carboxylic acids is 1. The number of carboxylic acid groups (broad SMARTS) is 2. The zero-order chi connectivity index (χ0) is 11.2. The number of halogens is 1. The first-order valence-corrected chi connectivity index (χ1v) is 4.82. The highest BCUT2D eigenvalue weighted by atomic mass is 19.1. The van der Waals surface area contributed by atoms with Crippen LogP contribution in [0.25, 0.3) is 0 Å². The zero-order valence-corrected chi connectivity index (χ0v) is 8.02. The van der Waals surface area contributed by atoms with E-state index in [2.05, 4.69) is 0 Å². The first-order chi connectivity index (χ1) is 6.97. The van der Waals surface area contributed by atoms with E-state index in [1.165, 1.54) is 0 Å². The molecular formula is C9H12FNO4. The summed E-state index contributed by atoms with van der Waals surface area (Å²) in [5, 5.41) is 17.4. The molecule has 3 atom stereocenters. The lowest BCUT2D eigenvalue weighted by atomic mass is 9.89. The van der Waals surface area contributed by atoms with Crippen LogP contribution >= 0.6 is 0 Å². The molecule has 1 aliphatic heterocycles. The summed E-state index contributed by atoms with van der Waals surface area (Å²) in [7, 11) is 0. The van der Waals surface area contributed by atoms with Gasteiger partial charge < -0.3 is 15.1 Å². The van der Waals surface area contributed by atoms with Gasteiger partial charge in [-0.2, -0.15) is 0 Å². The number of likely N-dealkylation sites (tertiary alicyclic amines) is 1. The summed E-state index contributed by atoms with van der Waals surface area (Å²) in [5.41, 5.74) is -0.780. The van der Waals surface area contributed by atoms with E-state index >= 15 is 0 Å². The third-order valence-corrected chi connectivity index (χ3v) is 3.54. The first-order valence-electron chi connectivity index (χ1n) is 4.82. The third kappa shape index (κ3) is 1.44. The fourth-order valence-corrected chi connectivity index (χ4v) is 2.42. The Labute approximate surface area is 85.5 Å². The van der Waals surface area contributed by atoms with E-state index in [9.17, 15) is 14.0 Å². The molecule has 0 bridgehead atoms. The van der Waals surface area contributed by atoms with Crippen molar-refractivity contribution < 1.29 is 24.2 Å². The van der Waals surface area contributed by atoms with E-state index in [-0.39, 0.29) is 13.1 Å². The van der Waals surface area contributed by atoms with Gasteiger partial charge in [-0.1, -0.05) is 0 Å². The Morgan fingerprint density at radius 2 is 2.07 bits per heavy atom. The van der Waals surface area contributed by atoms with Crippen molar-refractivity contribution in [3.63, 3.8) is 0 Å². The van der Waals surface area contributed by atoms with Crippen LogP contribution in [-0.2, 0) is 4.79 Å². The SMILES string of the molecule is O=C(O)C1CC12CCN(C(=O)O)CC2F. The summed E-state index contributed by atoms with van der Waals surface area (Å²) >= 11 is 0. The molecule has 2 rings (SSSR count). The maximum atomic E-state index is 13.7. The topological polar surface area (TPSA) is 77.8 Å². The van der Waals surface area contributed by atoms with Crippen LogP contribution in [0.15, 0.2) is 0 Å². The van der Waals surface area contributed by atoms with Crippen molar-refractivity contribution in [2.45, 2.75) is 19.0 Å². The number of amides is 1. The Morgan fingerprint density at radius 3 is 2.47 bits per heavy atom. The second kappa shape index (κ2) is 3.08. The molecule has 0 aromatic heterocycles. The number of hydrogen-bond donors (Lipinski definition) is 2. The second-order valence-corrected chi connectivity index (χ2v) is 4.27. The number of aliphatic carboxylic acids is 1. The quantitative estimate of drug-likeness (QED) is 0.681. The lowest BCUT2D eigenvalue weighted by Gasteiger charge is -2.33. The molecule has 3 unspecified atom stereocenters. The Kier molecular flexibility index (Phi) is 2.09. The minimum Gasteiger partial charge on any atom is -0.481 e. The fourth-order valence-electron chi connectivity index (χ4n) is 2.42. The molecular weight excluding hydrogens is 205 g/mol. The highest BCUT2D eigenvalue weighted by Gasteiger charge is 2.64. The van der Waals surface area contributed by atoms with Crippen LogP contribution < -0.4 is 0 Å². The molecule has 6 heteroatoms. The first kappa shape index (κ1) is 10.2. The lowest BCUT2D eigenvalue weighted by Crippen LogP contribution is -2.46. The van der Waals surface area contributed by atoms with Crippen molar-refractivity contribution in [3.8, 4) is 0 Å². The molecule has 84 valence electrons. The van der Waals surface area contributed by atoms with Crippen LogP contribution in [0.1, 0.15) is 12.8 Å². The van der Waals surface area contributed by atoms with E-state index < -0.39 is 29.6 Å². The number of nitrogens with zero attached hydrogens (tertiary/aromatic N) is 1. The van der Waals surface area contributed by atoms with Crippen LogP contribution in [0.3, 0.4) is 0 Å². The van der Waals surface area contributed by atoms with Gasteiger partial charge in [0.2, 0.25) is 0 Å². The van der Waals surface area contributed by atoms with Gasteiger partial charge in [-0.15, -0.1) is 0 Å². The molecule has 1 heterocycles. The van der Waals surface area contributed by atoms with Crippen LogP contribution in [-0.4, -0.2) is 46.4 Å². The summed E-state index contributed by atoms with van der Waals surface area (Å²) in [6, 6.07) is 0. The minimum atomic E-state index is -1.34. The van der Waals surface area contributed by atoms with E-state index in [4.69, 9.17) is 10.2 Å². The monoisotopic (exact) mass is 217 g/mol. The Morgan fingerprint density at radius 1 is 1.40 bits per heavy atom. The van der Waals surface area contributed by atoms with Gasteiger partial charge in [-0.3, -0.25) is 4.79 Å². The highest BCUT2D eigenvalue weighted by molar-refractivity contribution is 5.75. The molecule has 15 heavy (non-hydrogen) atoms. The summed E-state index contributed by atoms with van der Waals surface area (Å²) in [4.78, 5) is 22.3. The van der Waals surface area contributed by atoms with Crippen molar-refractivity contribution in [1.82, 2.24) is 4.90 Å². The van der Waals surface area contributed by atoms with Gasteiger partial charge in [0.15, 0.2) is 0 Å². The number of carbonyl (C=O) groups is 2. The van der Waals surface area contributed by atoms with Crippen LogP contribution in [0.4, 0.5) is 9.18 Å². The number of rotatable bonds is 1. The third-order valence-electron chi connectivity index (χ3n) is 3.54. The van der Waals surface area contributed by atoms with E-state index in [1.54, 1.807) is 0 Å². The average Bonchev–Trinajstić information content (AvgIpc) is 2.86. The molecule has 1 amide bonds. The average molecular weight is 217 g/mol. The summed E-state index contributed by atoms with van der Waals surface area (Å²) in [5.74, 6) is -1.59. The second-order valence-electron chi connectivity index (χ2n) is 4.27. The van der Waals surface area contributed by atoms with Crippen LogP contribution in [0.5, 0.6) is 0 Å².